The summed E-state index contributed by atoms with van der Waals surface area (Å²) < 4.78 is 26.6. The summed E-state index contributed by atoms with van der Waals surface area (Å²) in [6, 6.07) is 16.6. The maximum absolute atomic E-state index is 12.0. The normalized spacial score (nSPS) is 11.2. The number of aryl methyl sites for hydroxylation is 1. The lowest BCUT2D eigenvalue weighted by molar-refractivity contribution is 0.600. The highest BCUT2D eigenvalue weighted by molar-refractivity contribution is 7.92. The molecule has 0 saturated carbocycles. The molecule has 0 fully saturated rings. The van der Waals surface area contributed by atoms with Gasteiger partial charge in [0, 0.05) is 12.2 Å². The van der Waals surface area contributed by atoms with Crippen molar-refractivity contribution in [2.75, 3.05) is 10.5 Å². The molecular weight excluding hydrogens is 272 g/mol. The molecule has 20 heavy (non-hydrogen) atoms. The van der Waals surface area contributed by atoms with Crippen LogP contribution < -0.4 is 10.5 Å². The van der Waals surface area contributed by atoms with Gasteiger partial charge in [0.05, 0.1) is 5.75 Å². The third-order valence-corrected chi connectivity index (χ3v) is 4.25. The largest absolute Gasteiger partial charge is 0.326 e. The summed E-state index contributed by atoms with van der Waals surface area (Å²) >= 11 is 0. The van der Waals surface area contributed by atoms with Crippen LogP contribution in [0.4, 0.5) is 5.69 Å². The predicted molar refractivity (Wildman–Crippen MR) is 81.9 cm³/mol. The van der Waals surface area contributed by atoms with Crippen LogP contribution in [0, 0.1) is 0 Å². The van der Waals surface area contributed by atoms with Crippen molar-refractivity contribution in [1.82, 2.24) is 0 Å². The van der Waals surface area contributed by atoms with Crippen molar-refractivity contribution >= 4 is 15.7 Å². The lowest BCUT2D eigenvalue weighted by Gasteiger charge is -2.08. The number of nitrogens with one attached hydrogen (secondary N) is 1. The third-order valence-electron chi connectivity index (χ3n) is 2.97. The van der Waals surface area contributed by atoms with Gasteiger partial charge in [0.25, 0.3) is 0 Å². The van der Waals surface area contributed by atoms with E-state index < -0.39 is 10.0 Å². The molecule has 2 aromatic carbocycles. The van der Waals surface area contributed by atoms with Crippen LogP contribution in [0.15, 0.2) is 54.6 Å². The number of hydrogen-bond acceptors (Lipinski definition) is 3. The Morgan fingerprint density at radius 1 is 0.900 bits per heavy atom. The van der Waals surface area contributed by atoms with Crippen LogP contribution in [0.25, 0.3) is 0 Å². The Labute approximate surface area is 119 Å². The number of sulfonamides is 1. The molecule has 0 aromatic heterocycles. The van der Waals surface area contributed by atoms with E-state index in [4.69, 9.17) is 5.73 Å². The zero-order valence-electron chi connectivity index (χ0n) is 11.1. The highest BCUT2D eigenvalue weighted by atomic mass is 32.2. The Hall–Kier alpha value is -1.85. The minimum atomic E-state index is -3.33. The molecule has 0 saturated heterocycles. The molecule has 0 aliphatic rings. The molecule has 0 bridgehead atoms. The Balaban J connectivity index is 1.96. The van der Waals surface area contributed by atoms with Crippen LogP contribution in [-0.4, -0.2) is 14.2 Å². The average molecular weight is 290 g/mol. The first-order chi connectivity index (χ1) is 9.59. The maximum atomic E-state index is 12.0. The molecule has 3 N–H and O–H groups in total. The molecule has 4 nitrogen and oxygen atoms in total. The van der Waals surface area contributed by atoms with Crippen LogP contribution in [0.2, 0.25) is 0 Å². The number of rotatable bonds is 6. The predicted octanol–water partition coefficient (Wildman–Crippen LogP) is 2.13. The fraction of sp³-hybridized carbons (Fsp3) is 0.200. The van der Waals surface area contributed by atoms with Crippen molar-refractivity contribution in [3.8, 4) is 0 Å². The number of benzene rings is 2. The highest BCUT2D eigenvalue weighted by Crippen LogP contribution is 2.12. The summed E-state index contributed by atoms with van der Waals surface area (Å²) in [5.41, 5.74) is 8.05. The van der Waals surface area contributed by atoms with Crippen molar-refractivity contribution in [3.63, 3.8) is 0 Å². The van der Waals surface area contributed by atoms with Gasteiger partial charge in [-0.3, -0.25) is 4.72 Å². The van der Waals surface area contributed by atoms with E-state index in [0.717, 1.165) is 11.1 Å². The molecule has 5 heteroatoms. The molecule has 2 rings (SSSR count). The first-order valence-electron chi connectivity index (χ1n) is 6.42. The molecule has 0 spiro atoms. The molecule has 0 radical (unpaired) electrons. The van der Waals surface area contributed by atoms with Gasteiger partial charge in [-0.05, 0) is 29.7 Å². The summed E-state index contributed by atoms with van der Waals surface area (Å²) in [7, 11) is -3.33. The van der Waals surface area contributed by atoms with Crippen LogP contribution in [0.3, 0.4) is 0 Å². The number of hydrogen-bond donors (Lipinski definition) is 2. The van der Waals surface area contributed by atoms with Gasteiger partial charge in [-0.1, -0.05) is 42.5 Å². The first-order valence-corrected chi connectivity index (χ1v) is 8.08. The molecule has 0 amide bonds. The Morgan fingerprint density at radius 3 is 2.15 bits per heavy atom. The van der Waals surface area contributed by atoms with Crippen molar-refractivity contribution < 1.29 is 8.42 Å². The minimum Gasteiger partial charge on any atom is -0.326 e. The minimum absolute atomic E-state index is 0.0651. The van der Waals surface area contributed by atoms with E-state index in [9.17, 15) is 8.42 Å². The Bertz CT molecular complexity index is 637. The van der Waals surface area contributed by atoms with Crippen molar-refractivity contribution in [2.45, 2.75) is 13.0 Å². The lowest BCUT2D eigenvalue weighted by Crippen LogP contribution is -2.18. The van der Waals surface area contributed by atoms with E-state index in [1.165, 1.54) is 0 Å². The van der Waals surface area contributed by atoms with E-state index in [2.05, 4.69) is 4.72 Å². The zero-order chi connectivity index (χ0) is 14.4. The smallest absolute Gasteiger partial charge is 0.233 e. The molecule has 0 atom stereocenters. The van der Waals surface area contributed by atoms with Gasteiger partial charge >= 0.3 is 0 Å². The van der Waals surface area contributed by atoms with Gasteiger partial charge < -0.3 is 5.73 Å². The molecular formula is C15H18N2O2S. The van der Waals surface area contributed by atoms with Gasteiger partial charge in [0.15, 0.2) is 0 Å². The summed E-state index contributed by atoms with van der Waals surface area (Å²) in [5, 5.41) is 0. The highest BCUT2D eigenvalue weighted by Gasteiger charge is 2.10. The number of nitrogens with two attached hydrogens (primary N) is 1. The van der Waals surface area contributed by atoms with Crippen LogP contribution >= 0.6 is 0 Å². The molecule has 2 aromatic rings. The molecule has 0 aliphatic carbocycles. The van der Waals surface area contributed by atoms with Crippen LogP contribution in [-0.2, 0) is 23.0 Å². The fourth-order valence-corrected chi connectivity index (χ4v) is 2.94. The van der Waals surface area contributed by atoms with Gasteiger partial charge in [-0.25, -0.2) is 8.42 Å². The summed E-state index contributed by atoms with van der Waals surface area (Å²) in [6.07, 6.45) is 0.497. The van der Waals surface area contributed by atoms with Gasteiger partial charge in [-0.2, -0.15) is 0 Å². The summed E-state index contributed by atoms with van der Waals surface area (Å²) in [6.45, 7) is 0.445. The van der Waals surface area contributed by atoms with Gasteiger partial charge in [-0.15, -0.1) is 0 Å². The molecule has 0 aliphatic heterocycles. The van der Waals surface area contributed by atoms with Crippen molar-refractivity contribution in [1.29, 1.82) is 0 Å². The van der Waals surface area contributed by atoms with Crippen LogP contribution in [0.5, 0.6) is 0 Å². The van der Waals surface area contributed by atoms with E-state index >= 15 is 0 Å². The fourth-order valence-electron chi connectivity index (χ4n) is 1.84. The second-order valence-electron chi connectivity index (χ2n) is 4.56. The summed E-state index contributed by atoms with van der Waals surface area (Å²) in [5.74, 6) is 0.0651. The molecule has 0 heterocycles. The van der Waals surface area contributed by atoms with Crippen molar-refractivity contribution in [3.05, 3.63) is 65.7 Å². The van der Waals surface area contributed by atoms with E-state index in [-0.39, 0.29) is 5.75 Å². The lowest BCUT2D eigenvalue weighted by atomic mass is 10.2. The second kappa shape index (κ2) is 6.54. The summed E-state index contributed by atoms with van der Waals surface area (Å²) in [4.78, 5) is 0. The monoisotopic (exact) mass is 290 g/mol. The quantitative estimate of drug-likeness (QED) is 0.856. The number of anilines is 1. The average Bonchev–Trinajstić information content (AvgIpc) is 2.47. The molecule has 0 unspecified atom stereocenters. The van der Waals surface area contributed by atoms with E-state index in [1.807, 2.05) is 42.5 Å². The first kappa shape index (κ1) is 14.6. The second-order valence-corrected chi connectivity index (χ2v) is 6.40. The Kier molecular flexibility index (Phi) is 4.76. The SMILES string of the molecule is NCc1ccc(NS(=O)(=O)CCc2ccccc2)cc1. The molecule has 106 valence electrons. The van der Waals surface area contributed by atoms with Crippen molar-refractivity contribution in [2.24, 2.45) is 5.73 Å². The van der Waals surface area contributed by atoms with Gasteiger partial charge in [0.2, 0.25) is 10.0 Å². The third kappa shape index (κ3) is 4.36. The topological polar surface area (TPSA) is 72.2 Å². The maximum Gasteiger partial charge on any atom is 0.233 e. The van der Waals surface area contributed by atoms with E-state index in [0.29, 0.717) is 18.7 Å². The van der Waals surface area contributed by atoms with E-state index in [1.54, 1.807) is 12.1 Å². The Morgan fingerprint density at radius 2 is 1.55 bits per heavy atom. The van der Waals surface area contributed by atoms with Crippen LogP contribution in [0.1, 0.15) is 11.1 Å². The standard InChI is InChI=1S/C15H18N2O2S/c16-12-14-6-8-15(9-7-14)17-20(18,19)11-10-13-4-2-1-3-5-13/h1-9,17H,10-12,16H2. The zero-order valence-corrected chi connectivity index (χ0v) is 11.9. The van der Waals surface area contributed by atoms with Gasteiger partial charge in [0.1, 0.15) is 0 Å².